The summed E-state index contributed by atoms with van der Waals surface area (Å²) >= 11 is 0. The lowest BCUT2D eigenvalue weighted by molar-refractivity contribution is 0.322. The predicted octanol–water partition coefficient (Wildman–Crippen LogP) is 2.56. The molecule has 1 unspecified atom stereocenters. The number of nitriles is 1. The molecule has 1 N–H and O–H groups in total. The molecule has 1 aromatic rings. The first kappa shape index (κ1) is 14.7. The summed E-state index contributed by atoms with van der Waals surface area (Å²) in [7, 11) is 0. The standard InChI is InChI=1S/C16H23N3O/c1-13(2)18-16(3,11-17)12-19-9-6-10-20-15-8-5-4-7-14(15)19/h4-5,7-8,13,18H,6,9-10,12H2,1-3H3. The summed E-state index contributed by atoms with van der Waals surface area (Å²) in [6, 6.07) is 10.7. The van der Waals surface area contributed by atoms with E-state index in [1.165, 1.54) is 0 Å². The summed E-state index contributed by atoms with van der Waals surface area (Å²) in [5.41, 5.74) is 0.517. The van der Waals surface area contributed by atoms with Crippen LogP contribution in [0.4, 0.5) is 5.69 Å². The minimum Gasteiger partial charge on any atom is -0.491 e. The second-order valence-electron chi connectivity index (χ2n) is 5.83. The third kappa shape index (κ3) is 3.43. The number of nitrogens with one attached hydrogen (secondary N) is 1. The summed E-state index contributed by atoms with van der Waals surface area (Å²) in [5, 5.41) is 12.9. The van der Waals surface area contributed by atoms with Gasteiger partial charge in [-0.3, -0.25) is 5.32 Å². The van der Waals surface area contributed by atoms with Crippen molar-refractivity contribution in [2.24, 2.45) is 0 Å². The van der Waals surface area contributed by atoms with Crippen LogP contribution in [-0.4, -0.2) is 31.3 Å². The average molecular weight is 273 g/mol. The van der Waals surface area contributed by atoms with Crippen molar-refractivity contribution in [1.82, 2.24) is 5.32 Å². The van der Waals surface area contributed by atoms with Crippen LogP contribution in [0.1, 0.15) is 27.2 Å². The van der Waals surface area contributed by atoms with Gasteiger partial charge in [0.25, 0.3) is 0 Å². The maximum Gasteiger partial charge on any atom is 0.142 e. The smallest absolute Gasteiger partial charge is 0.142 e. The van der Waals surface area contributed by atoms with Crippen molar-refractivity contribution < 1.29 is 4.74 Å². The Morgan fingerprint density at radius 2 is 2.20 bits per heavy atom. The van der Waals surface area contributed by atoms with Gasteiger partial charge < -0.3 is 9.64 Å². The molecule has 4 heteroatoms. The fourth-order valence-corrected chi connectivity index (χ4v) is 2.69. The van der Waals surface area contributed by atoms with Crippen LogP contribution in [0.5, 0.6) is 5.75 Å². The highest BCUT2D eigenvalue weighted by atomic mass is 16.5. The van der Waals surface area contributed by atoms with Crippen LogP contribution in [0, 0.1) is 11.3 Å². The molecule has 20 heavy (non-hydrogen) atoms. The molecule has 2 rings (SSSR count). The van der Waals surface area contributed by atoms with Gasteiger partial charge in [-0.1, -0.05) is 12.1 Å². The zero-order valence-corrected chi connectivity index (χ0v) is 12.5. The van der Waals surface area contributed by atoms with Gasteiger partial charge in [0.2, 0.25) is 0 Å². The first-order valence-electron chi connectivity index (χ1n) is 7.20. The largest absolute Gasteiger partial charge is 0.491 e. The van der Waals surface area contributed by atoms with Gasteiger partial charge in [0.15, 0.2) is 0 Å². The molecule has 0 fully saturated rings. The van der Waals surface area contributed by atoms with Crippen molar-refractivity contribution in [2.75, 3.05) is 24.6 Å². The van der Waals surface area contributed by atoms with Crippen molar-refractivity contribution in [1.29, 1.82) is 5.26 Å². The average Bonchev–Trinajstić information content (AvgIpc) is 2.61. The van der Waals surface area contributed by atoms with E-state index < -0.39 is 5.54 Å². The Bertz CT molecular complexity index is 495. The fourth-order valence-electron chi connectivity index (χ4n) is 2.69. The van der Waals surface area contributed by atoms with Gasteiger partial charge in [-0.15, -0.1) is 0 Å². The molecule has 0 radical (unpaired) electrons. The zero-order valence-electron chi connectivity index (χ0n) is 12.5. The number of ether oxygens (including phenoxy) is 1. The van der Waals surface area contributed by atoms with E-state index in [4.69, 9.17) is 4.74 Å². The first-order valence-corrected chi connectivity index (χ1v) is 7.20. The Hall–Kier alpha value is -1.73. The highest BCUT2D eigenvalue weighted by Gasteiger charge is 2.29. The van der Waals surface area contributed by atoms with Crippen LogP contribution < -0.4 is 15.0 Å². The molecule has 4 nitrogen and oxygen atoms in total. The molecule has 1 aromatic carbocycles. The van der Waals surface area contributed by atoms with E-state index in [0.29, 0.717) is 6.54 Å². The third-order valence-corrected chi connectivity index (χ3v) is 3.40. The number of fused-ring (bicyclic) bond motifs is 1. The monoisotopic (exact) mass is 273 g/mol. The van der Waals surface area contributed by atoms with Crippen molar-refractivity contribution in [3.63, 3.8) is 0 Å². The molecule has 0 amide bonds. The van der Waals surface area contributed by atoms with E-state index in [1.54, 1.807) is 0 Å². The zero-order chi connectivity index (χ0) is 14.6. The topological polar surface area (TPSA) is 48.3 Å². The number of para-hydroxylation sites is 2. The maximum absolute atomic E-state index is 9.51. The molecule has 0 bridgehead atoms. The quantitative estimate of drug-likeness (QED) is 0.916. The Labute approximate surface area is 121 Å². The lowest BCUT2D eigenvalue weighted by Crippen LogP contribution is -2.53. The first-order chi connectivity index (χ1) is 9.54. The van der Waals surface area contributed by atoms with Gasteiger partial charge >= 0.3 is 0 Å². The van der Waals surface area contributed by atoms with Gasteiger partial charge in [0, 0.05) is 19.1 Å². The summed E-state index contributed by atoms with van der Waals surface area (Å²) < 4.78 is 5.76. The van der Waals surface area contributed by atoms with E-state index >= 15 is 0 Å². The molecule has 0 saturated carbocycles. The number of nitrogens with zero attached hydrogens (tertiary/aromatic N) is 2. The van der Waals surface area contributed by atoms with Gasteiger partial charge in [0.05, 0.1) is 18.4 Å². The molecule has 1 atom stereocenters. The van der Waals surface area contributed by atoms with Crippen molar-refractivity contribution >= 4 is 5.69 Å². The molecule has 0 spiro atoms. The Morgan fingerprint density at radius 3 is 2.90 bits per heavy atom. The van der Waals surface area contributed by atoms with Gasteiger partial charge in [-0.2, -0.15) is 5.26 Å². The SMILES string of the molecule is CC(C)NC(C)(C#N)CN1CCCOc2ccccc21. The van der Waals surface area contributed by atoms with Crippen molar-refractivity contribution in [2.45, 2.75) is 38.8 Å². The summed E-state index contributed by atoms with van der Waals surface area (Å²) in [6.07, 6.45) is 0.970. The summed E-state index contributed by atoms with van der Waals surface area (Å²) in [6.45, 7) is 8.38. The number of benzene rings is 1. The lowest BCUT2D eigenvalue weighted by atomic mass is 10.0. The molecular weight excluding hydrogens is 250 g/mol. The molecule has 1 aliphatic heterocycles. The van der Waals surface area contributed by atoms with Gasteiger partial charge in [-0.05, 0) is 39.3 Å². The van der Waals surface area contributed by atoms with E-state index in [9.17, 15) is 5.26 Å². The second kappa shape index (κ2) is 6.15. The van der Waals surface area contributed by atoms with Crippen molar-refractivity contribution in [3.8, 4) is 11.8 Å². The lowest BCUT2D eigenvalue weighted by Gasteiger charge is -2.33. The van der Waals surface area contributed by atoms with Crippen LogP contribution in [0.15, 0.2) is 24.3 Å². The normalized spacial score (nSPS) is 17.6. The number of rotatable bonds is 4. The second-order valence-corrected chi connectivity index (χ2v) is 5.83. The van der Waals surface area contributed by atoms with E-state index in [2.05, 4.69) is 36.2 Å². The number of anilines is 1. The van der Waals surface area contributed by atoms with Crippen LogP contribution in [-0.2, 0) is 0 Å². The Balaban J connectivity index is 2.22. The minimum atomic E-state index is -0.564. The number of hydrogen-bond donors (Lipinski definition) is 1. The molecule has 108 valence electrons. The molecule has 0 saturated heterocycles. The molecule has 0 aromatic heterocycles. The van der Waals surface area contributed by atoms with Crippen LogP contribution in [0.3, 0.4) is 0 Å². The van der Waals surface area contributed by atoms with Crippen LogP contribution >= 0.6 is 0 Å². The molecular formula is C16H23N3O. The maximum atomic E-state index is 9.51. The van der Waals surface area contributed by atoms with E-state index in [-0.39, 0.29) is 6.04 Å². The van der Waals surface area contributed by atoms with Gasteiger partial charge in [-0.25, -0.2) is 0 Å². The molecule has 1 heterocycles. The summed E-state index contributed by atoms with van der Waals surface area (Å²) in [5.74, 6) is 0.912. The third-order valence-electron chi connectivity index (χ3n) is 3.40. The predicted molar refractivity (Wildman–Crippen MR) is 81.1 cm³/mol. The molecule has 0 aliphatic carbocycles. The van der Waals surface area contributed by atoms with E-state index in [0.717, 1.165) is 31.0 Å². The minimum absolute atomic E-state index is 0.276. The van der Waals surface area contributed by atoms with Crippen LogP contribution in [0.25, 0.3) is 0 Å². The van der Waals surface area contributed by atoms with Crippen molar-refractivity contribution in [3.05, 3.63) is 24.3 Å². The van der Waals surface area contributed by atoms with Gasteiger partial charge in [0.1, 0.15) is 11.3 Å². The Morgan fingerprint density at radius 1 is 1.45 bits per heavy atom. The van der Waals surface area contributed by atoms with E-state index in [1.807, 2.05) is 25.1 Å². The fraction of sp³-hybridized carbons (Fsp3) is 0.562. The number of hydrogen-bond acceptors (Lipinski definition) is 4. The van der Waals surface area contributed by atoms with Crippen LogP contribution in [0.2, 0.25) is 0 Å². The highest BCUT2D eigenvalue weighted by Crippen LogP contribution is 2.31. The highest BCUT2D eigenvalue weighted by molar-refractivity contribution is 5.59. The molecule has 1 aliphatic rings. The summed E-state index contributed by atoms with van der Waals surface area (Å²) in [4.78, 5) is 2.25. The Kier molecular flexibility index (Phi) is 4.51.